The average molecular weight is 461 g/mol. The zero-order valence-electron chi connectivity index (χ0n) is 18.4. The number of unbranched alkanes of at least 4 members (excludes halogenated alkanes) is 15. The van der Waals surface area contributed by atoms with Gasteiger partial charge in [-0.05, 0) is 12.2 Å². The Morgan fingerprint density at radius 2 is 1.03 bits per heavy atom. The van der Waals surface area contributed by atoms with Crippen LogP contribution in [-0.2, 0) is 4.57 Å². The van der Waals surface area contributed by atoms with Crippen molar-refractivity contribution in [2.24, 2.45) is 0 Å². The quantitative estimate of drug-likeness (QED) is 0.124. The molecule has 29 heavy (non-hydrogen) atoms. The zero-order valence-corrected chi connectivity index (χ0v) is 20.2. The maximum absolute atomic E-state index is 12.8. The Morgan fingerprint density at radius 3 is 1.34 bits per heavy atom. The van der Waals surface area contributed by atoms with Crippen molar-refractivity contribution in [3.8, 4) is 0 Å². The number of aliphatic hydroxyl groups is 1. The second-order valence-electron chi connectivity index (χ2n) is 7.67. The topological polar surface area (TPSA) is 98.0 Å². The van der Waals surface area contributed by atoms with E-state index >= 15 is 0 Å². The van der Waals surface area contributed by atoms with E-state index < -0.39 is 14.0 Å². The number of alkyl halides is 1. The Labute approximate surface area is 182 Å². The molecule has 5 nitrogen and oxygen atoms in total. The van der Waals surface area contributed by atoms with Gasteiger partial charge in [-0.15, -0.1) is 0 Å². The van der Waals surface area contributed by atoms with Crippen LogP contribution in [0.2, 0.25) is 0 Å². The van der Waals surface area contributed by atoms with Crippen LogP contribution in [0.1, 0.15) is 110 Å². The lowest BCUT2D eigenvalue weighted by Crippen LogP contribution is -2.09. The highest BCUT2D eigenvalue weighted by Gasteiger charge is 2.03. The molecule has 0 saturated carbocycles. The minimum atomic E-state index is -4.64. The SMILES string of the molecule is CCCCCCCCCCCCCCCCCCSCC(F)CO.O=P(O)(O)O. The maximum atomic E-state index is 12.8. The standard InChI is InChI=1S/C21H43FOS.H3O4P/c1-2-3-4-5-6-7-8-9-10-11-12-13-14-15-16-17-18-24-20-21(22)19-23;1-5(2,3)4/h21,23H,2-20H2,1H3;(H3,1,2,3,4). The van der Waals surface area contributed by atoms with E-state index in [0.717, 1.165) is 5.75 Å². The largest absolute Gasteiger partial charge is 0.466 e. The van der Waals surface area contributed by atoms with Crippen molar-refractivity contribution in [2.75, 3.05) is 18.1 Å². The number of rotatable bonds is 20. The molecular formula is C21H46FO5PS. The Kier molecular flexibility index (Phi) is 26.8. The van der Waals surface area contributed by atoms with Gasteiger partial charge in [0.15, 0.2) is 0 Å². The highest BCUT2D eigenvalue weighted by molar-refractivity contribution is 7.99. The van der Waals surface area contributed by atoms with Gasteiger partial charge in [0.05, 0.1) is 6.61 Å². The van der Waals surface area contributed by atoms with E-state index in [4.69, 9.17) is 24.4 Å². The Hall–Kier alpha value is 0.350. The molecule has 0 radical (unpaired) electrons. The van der Waals surface area contributed by atoms with Gasteiger partial charge in [0, 0.05) is 5.75 Å². The molecule has 4 N–H and O–H groups in total. The normalized spacial score (nSPS) is 12.5. The molecule has 0 saturated heterocycles. The van der Waals surface area contributed by atoms with Gasteiger partial charge in [0.1, 0.15) is 6.17 Å². The molecule has 178 valence electrons. The van der Waals surface area contributed by atoms with Crippen molar-refractivity contribution in [1.29, 1.82) is 0 Å². The fourth-order valence-corrected chi connectivity index (χ4v) is 3.95. The van der Waals surface area contributed by atoms with Gasteiger partial charge >= 0.3 is 7.82 Å². The van der Waals surface area contributed by atoms with Gasteiger partial charge in [-0.2, -0.15) is 11.8 Å². The summed E-state index contributed by atoms with van der Waals surface area (Å²) in [6.45, 7) is 1.95. The summed E-state index contributed by atoms with van der Waals surface area (Å²) in [5.41, 5.74) is 0. The molecule has 0 aliphatic rings. The summed E-state index contributed by atoms with van der Waals surface area (Å²) in [6, 6.07) is 0. The van der Waals surface area contributed by atoms with Gasteiger partial charge in [0.2, 0.25) is 0 Å². The van der Waals surface area contributed by atoms with Crippen molar-refractivity contribution in [3.05, 3.63) is 0 Å². The minimum Gasteiger partial charge on any atom is -0.393 e. The second-order valence-corrected chi connectivity index (χ2v) is 9.85. The zero-order chi connectivity index (χ0) is 22.2. The summed E-state index contributed by atoms with van der Waals surface area (Å²) in [5, 5.41) is 8.59. The molecule has 0 aliphatic carbocycles. The summed E-state index contributed by atoms with van der Waals surface area (Å²) in [7, 11) is -4.64. The number of hydrogen-bond acceptors (Lipinski definition) is 3. The van der Waals surface area contributed by atoms with Crippen LogP contribution in [-0.4, -0.2) is 44.1 Å². The van der Waals surface area contributed by atoms with Crippen molar-refractivity contribution in [2.45, 2.75) is 116 Å². The molecule has 0 aliphatic heterocycles. The molecule has 0 rings (SSSR count). The minimum absolute atomic E-state index is 0.327. The number of thioether (sulfide) groups is 1. The second kappa shape index (κ2) is 24.6. The molecule has 1 atom stereocenters. The Balaban J connectivity index is 0. The lowest BCUT2D eigenvalue weighted by molar-refractivity contribution is 0.194. The van der Waals surface area contributed by atoms with E-state index in [0.29, 0.717) is 5.75 Å². The van der Waals surface area contributed by atoms with Crippen molar-refractivity contribution < 1.29 is 28.7 Å². The number of hydrogen-bond donors (Lipinski definition) is 4. The summed E-state index contributed by atoms with van der Waals surface area (Å²) in [4.78, 5) is 21.6. The summed E-state index contributed by atoms with van der Waals surface area (Å²) in [5.74, 6) is 1.49. The molecule has 0 amide bonds. The predicted octanol–water partition coefficient (Wildman–Crippen LogP) is 6.38. The summed E-state index contributed by atoms with van der Waals surface area (Å²) < 4.78 is 21.7. The lowest BCUT2D eigenvalue weighted by atomic mass is 10.0. The first-order valence-corrected chi connectivity index (χ1v) is 14.1. The Bertz CT molecular complexity index is 350. The van der Waals surface area contributed by atoms with Crippen LogP contribution in [0, 0.1) is 0 Å². The summed E-state index contributed by atoms with van der Waals surface area (Å²) in [6.07, 6.45) is 21.2. The lowest BCUT2D eigenvalue weighted by Gasteiger charge is -2.05. The first-order chi connectivity index (χ1) is 13.8. The van der Waals surface area contributed by atoms with E-state index in [2.05, 4.69) is 6.92 Å². The van der Waals surface area contributed by atoms with Crippen LogP contribution in [0.15, 0.2) is 0 Å². The molecule has 1 unspecified atom stereocenters. The van der Waals surface area contributed by atoms with Gasteiger partial charge in [-0.1, -0.05) is 103 Å². The smallest absolute Gasteiger partial charge is 0.393 e. The van der Waals surface area contributed by atoms with E-state index in [1.54, 1.807) is 11.8 Å². The van der Waals surface area contributed by atoms with Crippen LogP contribution in [0.25, 0.3) is 0 Å². The van der Waals surface area contributed by atoms with Crippen molar-refractivity contribution >= 4 is 19.6 Å². The fraction of sp³-hybridized carbons (Fsp3) is 1.00. The summed E-state index contributed by atoms with van der Waals surface area (Å²) >= 11 is 1.64. The maximum Gasteiger partial charge on any atom is 0.466 e. The van der Waals surface area contributed by atoms with Crippen LogP contribution in [0.4, 0.5) is 4.39 Å². The third-order valence-corrected chi connectivity index (χ3v) is 5.81. The van der Waals surface area contributed by atoms with Gasteiger partial charge in [-0.3, -0.25) is 0 Å². The average Bonchev–Trinajstić information content (AvgIpc) is 2.65. The van der Waals surface area contributed by atoms with E-state index in [-0.39, 0.29) is 6.61 Å². The number of halogens is 1. The number of phosphoric acid groups is 1. The van der Waals surface area contributed by atoms with Crippen LogP contribution in [0.5, 0.6) is 0 Å². The third kappa shape index (κ3) is 39.4. The van der Waals surface area contributed by atoms with E-state index in [9.17, 15) is 4.39 Å². The van der Waals surface area contributed by atoms with Gasteiger partial charge < -0.3 is 19.8 Å². The van der Waals surface area contributed by atoms with Crippen LogP contribution in [0.3, 0.4) is 0 Å². The molecular weight excluding hydrogens is 414 g/mol. The molecule has 0 aromatic rings. The van der Waals surface area contributed by atoms with E-state index in [1.165, 1.54) is 103 Å². The van der Waals surface area contributed by atoms with Gasteiger partial charge in [-0.25, -0.2) is 8.96 Å². The van der Waals surface area contributed by atoms with Crippen molar-refractivity contribution in [1.82, 2.24) is 0 Å². The molecule has 0 aromatic heterocycles. The third-order valence-electron chi connectivity index (χ3n) is 4.64. The monoisotopic (exact) mass is 460 g/mol. The first-order valence-electron chi connectivity index (χ1n) is 11.4. The highest BCUT2D eigenvalue weighted by atomic mass is 32.2. The van der Waals surface area contributed by atoms with Crippen LogP contribution < -0.4 is 0 Å². The molecule has 0 heterocycles. The van der Waals surface area contributed by atoms with Gasteiger partial charge in [0.25, 0.3) is 0 Å². The van der Waals surface area contributed by atoms with Crippen molar-refractivity contribution in [3.63, 3.8) is 0 Å². The highest BCUT2D eigenvalue weighted by Crippen LogP contribution is 2.25. The predicted molar refractivity (Wildman–Crippen MR) is 123 cm³/mol. The van der Waals surface area contributed by atoms with E-state index in [1.807, 2.05) is 0 Å². The molecule has 0 aromatic carbocycles. The number of aliphatic hydroxyl groups excluding tert-OH is 1. The molecule has 0 bridgehead atoms. The first kappa shape index (κ1) is 31.5. The molecule has 8 heteroatoms. The Morgan fingerprint density at radius 1 is 0.724 bits per heavy atom. The van der Waals surface area contributed by atoms with Crippen LogP contribution >= 0.6 is 19.6 Å². The molecule has 0 fully saturated rings. The molecule has 0 spiro atoms. The fourth-order valence-electron chi connectivity index (χ4n) is 3.02.